The number of hydrogen-bond acceptors (Lipinski definition) is 5. The van der Waals surface area contributed by atoms with Crippen LogP contribution in [0.1, 0.15) is 39.2 Å². The molecule has 172 valence electrons. The lowest BCUT2D eigenvalue weighted by Crippen LogP contribution is -2.60. The molecule has 9 heteroatoms. The van der Waals surface area contributed by atoms with Gasteiger partial charge in [-0.1, -0.05) is 32.4 Å². The molecule has 2 aliphatic rings. The summed E-state index contributed by atoms with van der Waals surface area (Å²) in [5, 5.41) is 20.8. The first kappa shape index (κ1) is 23.6. The van der Waals surface area contributed by atoms with E-state index in [2.05, 4.69) is 30.6 Å². The van der Waals surface area contributed by atoms with Gasteiger partial charge in [0.1, 0.15) is 5.02 Å². The molecule has 3 rings (SSSR count). The first-order valence-electron chi connectivity index (χ1n) is 10.9. The first-order chi connectivity index (χ1) is 14.5. The Morgan fingerprint density at radius 2 is 1.87 bits per heavy atom. The maximum atomic E-state index is 11.6. The van der Waals surface area contributed by atoms with Gasteiger partial charge in [0.05, 0.1) is 11.0 Å². The molecule has 2 saturated heterocycles. The zero-order valence-corrected chi connectivity index (χ0v) is 19.6. The lowest BCUT2D eigenvalue weighted by atomic mass is 9.84. The van der Waals surface area contributed by atoms with Crippen molar-refractivity contribution in [3.05, 3.63) is 32.8 Å². The molecule has 0 spiro atoms. The van der Waals surface area contributed by atoms with Crippen LogP contribution in [0.5, 0.6) is 0 Å². The highest BCUT2D eigenvalue weighted by Gasteiger charge is 2.38. The summed E-state index contributed by atoms with van der Waals surface area (Å²) in [5.41, 5.74) is 1.68. The second-order valence-corrected chi connectivity index (χ2v) is 10.3. The molecule has 0 radical (unpaired) electrons. The number of piperidine rings is 1. The van der Waals surface area contributed by atoms with Gasteiger partial charge >= 0.3 is 6.09 Å². The van der Waals surface area contributed by atoms with Crippen LogP contribution in [0, 0.1) is 28.4 Å². The number of benzene rings is 1. The minimum atomic E-state index is -0.829. The Bertz CT molecular complexity index is 834. The number of piperazine rings is 1. The van der Waals surface area contributed by atoms with E-state index in [9.17, 15) is 20.0 Å². The van der Waals surface area contributed by atoms with E-state index in [-0.39, 0.29) is 22.2 Å². The summed E-state index contributed by atoms with van der Waals surface area (Å²) in [4.78, 5) is 28.6. The second kappa shape index (κ2) is 9.20. The summed E-state index contributed by atoms with van der Waals surface area (Å²) in [6, 6.07) is 3.26. The highest BCUT2D eigenvalue weighted by molar-refractivity contribution is 6.33. The molecule has 2 aliphatic heterocycles. The van der Waals surface area contributed by atoms with Gasteiger partial charge in [-0.05, 0) is 42.7 Å². The number of amides is 1. The van der Waals surface area contributed by atoms with Crippen molar-refractivity contribution in [3.8, 4) is 0 Å². The highest BCUT2D eigenvalue weighted by atomic mass is 35.5. The van der Waals surface area contributed by atoms with Gasteiger partial charge in [0.2, 0.25) is 0 Å². The molecule has 1 amide bonds. The molecule has 1 aromatic rings. The van der Waals surface area contributed by atoms with Crippen LogP contribution in [0.3, 0.4) is 0 Å². The summed E-state index contributed by atoms with van der Waals surface area (Å²) in [6.07, 6.45) is 1.24. The highest BCUT2D eigenvalue weighted by Crippen LogP contribution is 2.35. The number of nitro groups is 1. The summed E-state index contributed by atoms with van der Waals surface area (Å²) in [6.45, 7) is 13.1. The Morgan fingerprint density at radius 3 is 2.42 bits per heavy atom. The van der Waals surface area contributed by atoms with Crippen molar-refractivity contribution in [3.63, 3.8) is 0 Å². The maximum absolute atomic E-state index is 11.6. The minimum absolute atomic E-state index is 0.0104. The van der Waals surface area contributed by atoms with Crippen molar-refractivity contribution in [2.75, 3.05) is 44.2 Å². The molecule has 31 heavy (non-hydrogen) atoms. The van der Waals surface area contributed by atoms with E-state index in [0.717, 1.165) is 56.8 Å². The Balaban J connectivity index is 1.59. The summed E-state index contributed by atoms with van der Waals surface area (Å²) >= 11 is 6.14. The molecule has 8 nitrogen and oxygen atoms in total. The topological polar surface area (TPSA) is 90.2 Å². The summed E-state index contributed by atoms with van der Waals surface area (Å²) in [5.74, 6) is 0.557. The zero-order valence-electron chi connectivity index (χ0n) is 18.8. The number of carbonyl (C=O) groups is 1. The fourth-order valence-corrected chi connectivity index (χ4v) is 5.06. The van der Waals surface area contributed by atoms with Gasteiger partial charge in [-0.25, -0.2) is 4.79 Å². The molecule has 1 N–H and O–H groups in total. The standard InChI is InChI=1S/C22H33ClN4O4/c1-15-11-19(27(30)31)17(23)12-18(15)25-7-5-16(6-8-25)13-24-9-10-26(21(28)29)20(14-24)22(2,3)4/h11-12,16,20H,5-10,13-14H2,1-4H3,(H,28,29). The van der Waals surface area contributed by atoms with E-state index < -0.39 is 11.0 Å². The summed E-state index contributed by atoms with van der Waals surface area (Å²) < 4.78 is 0. The predicted molar refractivity (Wildman–Crippen MR) is 122 cm³/mol. The number of nitro benzene ring substituents is 1. The van der Waals surface area contributed by atoms with Crippen molar-refractivity contribution in [1.82, 2.24) is 9.80 Å². The average Bonchev–Trinajstić information content (AvgIpc) is 2.69. The third kappa shape index (κ3) is 5.41. The molecule has 2 heterocycles. The van der Waals surface area contributed by atoms with Crippen molar-refractivity contribution in [2.45, 2.75) is 46.6 Å². The largest absolute Gasteiger partial charge is 0.465 e. The molecule has 1 aromatic carbocycles. The predicted octanol–water partition coefficient (Wildman–Crippen LogP) is 4.48. The lowest BCUT2D eigenvalue weighted by Gasteiger charge is -2.47. The van der Waals surface area contributed by atoms with Gasteiger partial charge in [0, 0.05) is 51.0 Å². The average molecular weight is 453 g/mol. The van der Waals surface area contributed by atoms with E-state index in [4.69, 9.17) is 11.6 Å². The first-order valence-corrected chi connectivity index (χ1v) is 11.3. The Morgan fingerprint density at radius 1 is 1.23 bits per heavy atom. The molecule has 0 saturated carbocycles. The van der Waals surface area contributed by atoms with Crippen LogP contribution < -0.4 is 4.90 Å². The molecule has 2 fully saturated rings. The Hall–Kier alpha value is -2.06. The van der Waals surface area contributed by atoms with Crippen molar-refractivity contribution < 1.29 is 14.8 Å². The SMILES string of the molecule is Cc1cc([N+](=O)[O-])c(Cl)cc1N1CCC(CN2CCN(C(=O)O)C(C(C)(C)C)C2)CC1. The smallest absolute Gasteiger partial charge is 0.407 e. The van der Waals surface area contributed by atoms with Crippen LogP contribution in [0.25, 0.3) is 0 Å². The second-order valence-electron chi connectivity index (χ2n) is 9.90. The number of carboxylic acid groups (broad SMARTS) is 1. The number of anilines is 1. The normalized spacial score (nSPS) is 21.4. The van der Waals surface area contributed by atoms with Gasteiger partial charge in [0.25, 0.3) is 5.69 Å². The van der Waals surface area contributed by atoms with E-state index in [0.29, 0.717) is 12.5 Å². The third-order valence-corrected chi connectivity index (χ3v) is 6.95. The van der Waals surface area contributed by atoms with Crippen LogP contribution in [0.15, 0.2) is 12.1 Å². The van der Waals surface area contributed by atoms with Crippen LogP contribution in [0.2, 0.25) is 5.02 Å². The molecule has 1 atom stereocenters. The number of aryl methyl sites for hydroxylation is 1. The van der Waals surface area contributed by atoms with Crippen LogP contribution in [-0.2, 0) is 0 Å². The Labute approximate surface area is 188 Å². The quantitative estimate of drug-likeness (QED) is 0.535. The van der Waals surface area contributed by atoms with Crippen LogP contribution >= 0.6 is 11.6 Å². The molecular formula is C22H33ClN4O4. The molecule has 0 aromatic heterocycles. The zero-order chi connectivity index (χ0) is 22.9. The van der Waals surface area contributed by atoms with Crippen LogP contribution in [0.4, 0.5) is 16.2 Å². The van der Waals surface area contributed by atoms with E-state index in [1.807, 2.05) is 6.92 Å². The fourth-order valence-electron chi connectivity index (χ4n) is 4.83. The maximum Gasteiger partial charge on any atom is 0.407 e. The minimum Gasteiger partial charge on any atom is -0.465 e. The van der Waals surface area contributed by atoms with Crippen LogP contribution in [-0.4, -0.2) is 71.2 Å². The van der Waals surface area contributed by atoms with Crippen molar-refractivity contribution in [2.24, 2.45) is 11.3 Å². The fraction of sp³-hybridized carbons (Fsp3) is 0.682. The van der Waals surface area contributed by atoms with Gasteiger partial charge in [-0.3, -0.25) is 15.0 Å². The van der Waals surface area contributed by atoms with Gasteiger partial charge < -0.3 is 14.9 Å². The number of rotatable bonds is 4. The number of halogens is 1. The van der Waals surface area contributed by atoms with Gasteiger partial charge in [-0.15, -0.1) is 0 Å². The van der Waals surface area contributed by atoms with E-state index in [1.165, 1.54) is 0 Å². The van der Waals surface area contributed by atoms with Gasteiger partial charge in [-0.2, -0.15) is 0 Å². The Kier molecular flexibility index (Phi) is 7.01. The third-order valence-electron chi connectivity index (χ3n) is 6.64. The molecule has 0 aliphatic carbocycles. The molecular weight excluding hydrogens is 420 g/mol. The monoisotopic (exact) mass is 452 g/mol. The number of hydrogen-bond donors (Lipinski definition) is 1. The molecule has 1 unspecified atom stereocenters. The number of nitrogens with zero attached hydrogens (tertiary/aromatic N) is 4. The van der Waals surface area contributed by atoms with E-state index in [1.54, 1.807) is 17.0 Å². The van der Waals surface area contributed by atoms with Gasteiger partial charge in [0.15, 0.2) is 0 Å². The van der Waals surface area contributed by atoms with E-state index >= 15 is 0 Å². The lowest BCUT2D eigenvalue weighted by molar-refractivity contribution is -0.384. The molecule has 0 bridgehead atoms. The summed E-state index contributed by atoms with van der Waals surface area (Å²) in [7, 11) is 0. The van der Waals surface area contributed by atoms with Crippen molar-refractivity contribution >= 4 is 29.1 Å². The van der Waals surface area contributed by atoms with Crippen molar-refractivity contribution in [1.29, 1.82) is 0 Å².